The van der Waals surface area contributed by atoms with Crippen molar-refractivity contribution in [1.29, 1.82) is 0 Å². The van der Waals surface area contributed by atoms with Crippen LogP contribution in [-0.4, -0.2) is 32.8 Å². The zero-order valence-corrected chi connectivity index (χ0v) is 16.2. The van der Waals surface area contributed by atoms with Gasteiger partial charge in [0.1, 0.15) is 5.82 Å². The number of aliphatic imine (C=N–C) groups is 1. The van der Waals surface area contributed by atoms with Crippen molar-refractivity contribution < 1.29 is 9.13 Å². The van der Waals surface area contributed by atoms with Gasteiger partial charge in [-0.25, -0.2) is 4.39 Å². The first-order chi connectivity index (χ1) is 9.65. The molecule has 0 aliphatic carbocycles. The minimum absolute atomic E-state index is 0. The van der Waals surface area contributed by atoms with Gasteiger partial charge in [-0.05, 0) is 37.1 Å². The average Bonchev–Trinajstić information content (AvgIpc) is 2.41. The molecule has 2 N–H and O–H groups in total. The number of nitrogens with zero attached hydrogens (tertiary/aromatic N) is 1. The molecule has 0 aliphatic heterocycles. The summed E-state index contributed by atoms with van der Waals surface area (Å²) in [6.45, 7) is 4.75. The van der Waals surface area contributed by atoms with E-state index in [0.717, 1.165) is 36.2 Å². The molecule has 0 aromatic heterocycles. The molecule has 0 saturated carbocycles. The molecule has 21 heavy (non-hydrogen) atoms. The Balaban J connectivity index is 0.00000400. The maximum atomic E-state index is 13.2. The highest BCUT2D eigenvalue weighted by molar-refractivity contribution is 14.0. The molecular formula is C14H22BrFIN3O. The van der Waals surface area contributed by atoms with E-state index >= 15 is 0 Å². The normalized spacial score (nSPS) is 11.0. The number of hydrogen-bond acceptors (Lipinski definition) is 2. The van der Waals surface area contributed by atoms with E-state index in [9.17, 15) is 4.39 Å². The molecule has 120 valence electrons. The Kier molecular flexibility index (Phi) is 11.9. The lowest BCUT2D eigenvalue weighted by molar-refractivity contribution is 0.145. The number of rotatable bonds is 7. The monoisotopic (exact) mass is 473 g/mol. The molecule has 0 unspecified atom stereocenters. The van der Waals surface area contributed by atoms with Gasteiger partial charge < -0.3 is 15.4 Å². The van der Waals surface area contributed by atoms with Crippen LogP contribution >= 0.6 is 39.9 Å². The number of ether oxygens (including phenoxy) is 1. The predicted molar refractivity (Wildman–Crippen MR) is 98.8 cm³/mol. The average molecular weight is 474 g/mol. The third-order valence-electron chi connectivity index (χ3n) is 2.57. The summed E-state index contributed by atoms with van der Waals surface area (Å²) in [5, 5.41) is 6.32. The second-order valence-electron chi connectivity index (χ2n) is 4.18. The molecule has 0 bridgehead atoms. The Morgan fingerprint density at radius 1 is 1.33 bits per heavy atom. The first kappa shape index (κ1) is 20.6. The van der Waals surface area contributed by atoms with Crippen LogP contribution in [0.15, 0.2) is 27.7 Å². The van der Waals surface area contributed by atoms with Crippen molar-refractivity contribution in [3.05, 3.63) is 34.1 Å². The lowest BCUT2D eigenvalue weighted by Crippen LogP contribution is -2.37. The van der Waals surface area contributed by atoms with E-state index in [4.69, 9.17) is 4.74 Å². The minimum Gasteiger partial charge on any atom is -0.382 e. The van der Waals surface area contributed by atoms with Crippen molar-refractivity contribution in [3.63, 3.8) is 0 Å². The molecule has 0 amide bonds. The number of benzene rings is 1. The van der Waals surface area contributed by atoms with E-state index in [0.29, 0.717) is 12.5 Å². The zero-order chi connectivity index (χ0) is 14.8. The largest absolute Gasteiger partial charge is 0.382 e. The van der Waals surface area contributed by atoms with E-state index in [2.05, 4.69) is 31.6 Å². The van der Waals surface area contributed by atoms with Crippen LogP contribution in [0.3, 0.4) is 0 Å². The minimum atomic E-state index is -0.254. The topological polar surface area (TPSA) is 45.6 Å². The van der Waals surface area contributed by atoms with Crippen molar-refractivity contribution in [1.82, 2.24) is 10.6 Å². The molecule has 0 radical (unpaired) electrons. The summed E-state index contributed by atoms with van der Waals surface area (Å²) in [5.41, 5.74) is 0.856. The molecule has 1 aromatic rings. The van der Waals surface area contributed by atoms with Gasteiger partial charge in [0.05, 0.1) is 0 Å². The maximum absolute atomic E-state index is 13.2. The Labute approximate surface area is 151 Å². The molecule has 0 heterocycles. The van der Waals surface area contributed by atoms with E-state index in [1.54, 1.807) is 7.05 Å². The standard InChI is InChI=1S/C14H21BrFN3O.HI/c1-3-20-6-4-5-18-14(17-2)19-10-11-7-12(15)9-13(16)8-11;/h7-9H,3-6,10H2,1-2H3,(H2,17,18,19);1H. The maximum Gasteiger partial charge on any atom is 0.191 e. The van der Waals surface area contributed by atoms with E-state index in [1.165, 1.54) is 12.1 Å². The molecule has 0 atom stereocenters. The van der Waals surface area contributed by atoms with E-state index in [-0.39, 0.29) is 29.8 Å². The Hall–Kier alpha value is -0.410. The molecule has 4 nitrogen and oxygen atoms in total. The molecule has 1 rings (SSSR count). The highest BCUT2D eigenvalue weighted by atomic mass is 127. The lowest BCUT2D eigenvalue weighted by atomic mass is 10.2. The second kappa shape index (κ2) is 12.2. The third-order valence-corrected chi connectivity index (χ3v) is 3.03. The SMILES string of the molecule is CCOCCCNC(=NC)NCc1cc(F)cc(Br)c1.I. The summed E-state index contributed by atoms with van der Waals surface area (Å²) < 4.78 is 19.2. The van der Waals surface area contributed by atoms with Gasteiger partial charge in [0.2, 0.25) is 0 Å². The van der Waals surface area contributed by atoms with Gasteiger partial charge in [0.15, 0.2) is 5.96 Å². The van der Waals surface area contributed by atoms with E-state index in [1.807, 2.05) is 13.0 Å². The lowest BCUT2D eigenvalue weighted by Gasteiger charge is -2.12. The smallest absolute Gasteiger partial charge is 0.191 e. The fourth-order valence-electron chi connectivity index (χ4n) is 1.64. The summed E-state index contributed by atoms with van der Waals surface area (Å²) in [6, 6.07) is 4.81. The molecular weight excluding hydrogens is 452 g/mol. The quantitative estimate of drug-likeness (QED) is 0.276. The van der Waals surface area contributed by atoms with Crippen molar-refractivity contribution in [3.8, 4) is 0 Å². The van der Waals surface area contributed by atoms with Crippen LogP contribution in [-0.2, 0) is 11.3 Å². The van der Waals surface area contributed by atoms with Crippen LogP contribution in [0, 0.1) is 5.82 Å². The van der Waals surface area contributed by atoms with Crippen LogP contribution in [0.5, 0.6) is 0 Å². The molecule has 0 saturated heterocycles. The van der Waals surface area contributed by atoms with Crippen molar-refractivity contribution in [2.75, 3.05) is 26.8 Å². The fourth-order valence-corrected chi connectivity index (χ4v) is 2.16. The van der Waals surface area contributed by atoms with Gasteiger partial charge in [-0.3, -0.25) is 4.99 Å². The highest BCUT2D eigenvalue weighted by Gasteiger charge is 2.01. The van der Waals surface area contributed by atoms with Crippen molar-refractivity contribution in [2.24, 2.45) is 4.99 Å². The number of hydrogen-bond donors (Lipinski definition) is 2. The molecule has 0 fully saturated rings. The van der Waals surface area contributed by atoms with Crippen LogP contribution in [0.1, 0.15) is 18.9 Å². The Morgan fingerprint density at radius 3 is 2.71 bits per heavy atom. The molecule has 7 heteroatoms. The zero-order valence-electron chi connectivity index (χ0n) is 12.3. The highest BCUT2D eigenvalue weighted by Crippen LogP contribution is 2.14. The third kappa shape index (κ3) is 9.26. The summed E-state index contributed by atoms with van der Waals surface area (Å²) >= 11 is 3.28. The van der Waals surface area contributed by atoms with Crippen LogP contribution < -0.4 is 10.6 Å². The summed E-state index contributed by atoms with van der Waals surface area (Å²) in [5.74, 6) is 0.442. The first-order valence-corrected chi connectivity index (χ1v) is 7.42. The van der Waals surface area contributed by atoms with Crippen molar-refractivity contribution >= 4 is 45.9 Å². The van der Waals surface area contributed by atoms with Gasteiger partial charge >= 0.3 is 0 Å². The van der Waals surface area contributed by atoms with Gasteiger partial charge in [-0.1, -0.05) is 15.9 Å². The second-order valence-corrected chi connectivity index (χ2v) is 5.10. The Bertz CT molecular complexity index is 426. The van der Waals surface area contributed by atoms with Gasteiger partial charge in [0, 0.05) is 37.8 Å². The molecule has 0 spiro atoms. The summed E-state index contributed by atoms with van der Waals surface area (Å²) in [6.07, 6.45) is 0.917. The number of halogens is 3. The molecule has 0 aliphatic rings. The number of nitrogens with one attached hydrogen (secondary N) is 2. The molecule has 1 aromatic carbocycles. The van der Waals surface area contributed by atoms with Crippen LogP contribution in [0.4, 0.5) is 4.39 Å². The summed E-state index contributed by atoms with van der Waals surface area (Å²) in [4.78, 5) is 4.11. The summed E-state index contributed by atoms with van der Waals surface area (Å²) in [7, 11) is 1.71. The fraction of sp³-hybridized carbons (Fsp3) is 0.500. The van der Waals surface area contributed by atoms with Gasteiger partial charge in [-0.15, -0.1) is 24.0 Å². The van der Waals surface area contributed by atoms with Crippen molar-refractivity contribution in [2.45, 2.75) is 19.9 Å². The Morgan fingerprint density at radius 2 is 2.10 bits per heavy atom. The predicted octanol–water partition coefficient (Wildman–Crippen LogP) is 3.30. The number of guanidine groups is 1. The van der Waals surface area contributed by atoms with Gasteiger partial charge in [-0.2, -0.15) is 0 Å². The van der Waals surface area contributed by atoms with E-state index < -0.39 is 0 Å². The first-order valence-electron chi connectivity index (χ1n) is 6.63. The van der Waals surface area contributed by atoms with Crippen LogP contribution in [0.25, 0.3) is 0 Å². The van der Waals surface area contributed by atoms with Crippen LogP contribution in [0.2, 0.25) is 0 Å². The van der Waals surface area contributed by atoms with Gasteiger partial charge in [0.25, 0.3) is 0 Å².